The maximum atomic E-state index is 11.9. The van der Waals surface area contributed by atoms with Crippen molar-refractivity contribution in [2.45, 2.75) is 35.2 Å². The van der Waals surface area contributed by atoms with Gasteiger partial charge in [0, 0.05) is 21.3 Å². The van der Waals surface area contributed by atoms with Crippen LogP contribution in [-0.4, -0.2) is 44.9 Å². The smallest absolute Gasteiger partial charge is 0.306 e. The van der Waals surface area contributed by atoms with Crippen LogP contribution in [0.5, 0.6) is 11.5 Å². The molecular formula is C20H22O6S2. The first-order valence-electron chi connectivity index (χ1n) is 8.67. The van der Waals surface area contributed by atoms with Crippen molar-refractivity contribution >= 4 is 35.5 Å². The van der Waals surface area contributed by atoms with Gasteiger partial charge in [-0.3, -0.25) is 9.59 Å². The summed E-state index contributed by atoms with van der Waals surface area (Å²) in [5.74, 6) is 0.0757. The highest BCUT2D eigenvalue weighted by Crippen LogP contribution is 2.26. The summed E-state index contributed by atoms with van der Waals surface area (Å²) < 4.78 is 5.48. The number of phenolic OH excluding ortho intramolecular Hbond substituents is 2. The molecule has 6 nitrogen and oxygen atoms in total. The second-order valence-electron chi connectivity index (χ2n) is 5.94. The van der Waals surface area contributed by atoms with E-state index in [1.807, 2.05) is 12.1 Å². The first-order chi connectivity index (χ1) is 13.4. The van der Waals surface area contributed by atoms with Crippen LogP contribution in [0.1, 0.15) is 19.3 Å². The highest BCUT2D eigenvalue weighted by molar-refractivity contribution is 7.99. The highest BCUT2D eigenvalue weighted by Gasteiger charge is 2.16. The van der Waals surface area contributed by atoms with Crippen molar-refractivity contribution < 1.29 is 29.6 Å². The highest BCUT2D eigenvalue weighted by atomic mass is 32.2. The molecule has 0 saturated heterocycles. The van der Waals surface area contributed by atoms with E-state index >= 15 is 0 Å². The maximum absolute atomic E-state index is 11.9. The Morgan fingerprint density at radius 3 is 1.93 bits per heavy atom. The van der Waals surface area contributed by atoms with Crippen LogP contribution in [0.2, 0.25) is 0 Å². The van der Waals surface area contributed by atoms with Crippen LogP contribution in [0.3, 0.4) is 0 Å². The molecule has 0 spiro atoms. The summed E-state index contributed by atoms with van der Waals surface area (Å²) in [5, 5.41) is 27.4. The summed E-state index contributed by atoms with van der Waals surface area (Å²) in [4.78, 5) is 24.5. The standard InChI is InChI=1S/C20H22O6S2/c21-14-1-5-17(6-2-14)27-12-11-16(26-20(25)10-9-19(23)24)13-28-18-7-3-15(22)4-8-18/h1-8,16,21-22H,9-13H2,(H,23,24). The van der Waals surface area contributed by atoms with E-state index in [-0.39, 0.29) is 30.4 Å². The van der Waals surface area contributed by atoms with Crippen molar-refractivity contribution in [3.63, 3.8) is 0 Å². The lowest BCUT2D eigenvalue weighted by molar-refractivity contribution is -0.151. The van der Waals surface area contributed by atoms with Crippen molar-refractivity contribution in [1.82, 2.24) is 0 Å². The third-order valence-electron chi connectivity index (χ3n) is 3.66. The van der Waals surface area contributed by atoms with Gasteiger partial charge in [0.2, 0.25) is 0 Å². The summed E-state index contributed by atoms with van der Waals surface area (Å²) in [6, 6.07) is 13.6. The second-order valence-corrected chi connectivity index (χ2v) is 8.20. The molecule has 28 heavy (non-hydrogen) atoms. The van der Waals surface area contributed by atoms with E-state index < -0.39 is 11.9 Å². The van der Waals surface area contributed by atoms with E-state index in [0.29, 0.717) is 17.9 Å². The van der Waals surface area contributed by atoms with E-state index in [4.69, 9.17) is 9.84 Å². The molecule has 0 saturated carbocycles. The quantitative estimate of drug-likeness (QED) is 0.366. The Morgan fingerprint density at radius 2 is 1.39 bits per heavy atom. The molecule has 0 aliphatic heterocycles. The number of carbonyl (C=O) groups excluding carboxylic acids is 1. The maximum Gasteiger partial charge on any atom is 0.306 e. The molecule has 2 aromatic rings. The summed E-state index contributed by atoms with van der Waals surface area (Å²) in [6.07, 6.45) is -0.153. The Balaban J connectivity index is 1.88. The van der Waals surface area contributed by atoms with Gasteiger partial charge in [0.25, 0.3) is 0 Å². The molecular weight excluding hydrogens is 400 g/mol. The predicted octanol–water partition coefficient (Wildman–Crippen LogP) is 4.15. The molecule has 0 aromatic heterocycles. The minimum atomic E-state index is -1.03. The molecule has 0 amide bonds. The topological polar surface area (TPSA) is 104 Å². The number of ether oxygens (including phenoxy) is 1. The fraction of sp³-hybridized carbons (Fsp3) is 0.300. The van der Waals surface area contributed by atoms with Gasteiger partial charge in [-0.15, -0.1) is 23.5 Å². The van der Waals surface area contributed by atoms with Gasteiger partial charge < -0.3 is 20.1 Å². The Morgan fingerprint density at radius 1 is 0.857 bits per heavy atom. The first kappa shape index (κ1) is 22.0. The van der Waals surface area contributed by atoms with Crippen molar-refractivity contribution in [1.29, 1.82) is 0 Å². The van der Waals surface area contributed by atoms with Crippen LogP contribution in [0.4, 0.5) is 0 Å². The van der Waals surface area contributed by atoms with Crippen LogP contribution < -0.4 is 0 Å². The number of esters is 1. The normalized spacial score (nSPS) is 11.7. The molecule has 0 radical (unpaired) electrons. The van der Waals surface area contributed by atoms with E-state index in [0.717, 1.165) is 9.79 Å². The molecule has 0 bridgehead atoms. The van der Waals surface area contributed by atoms with Gasteiger partial charge >= 0.3 is 11.9 Å². The van der Waals surface area contributed by atoms with Crippen LogP contribution in [0, 0.1) is 0 Å². The average Bonchev–Trinajstić information content (AvgIpc) is 2.67. The predicted molar refractivity (Wildman–Crippen MR) is 109 cm³/mol. The van der Waals surface area contributed by atoms with Crippen molar-refractivity contribution in [2.24, 2.45) is 0 Å². The minimum absolute atomic E-state index is 0.152. The minimum Gasteiger partial charge on any atom is -0.508 e. The third kappa shape index (κ3) is 8.58. The summed E-state index contributed by atoms with van der Waals surface area (Å²) >= 11 is 3.09. The molecule has 0 fully saturated rings. The monoisotopic (exact) mass is 422 g/mol. The van der Waals surface area contributed by atoms with Gasteiger partial charge in [-0.1, -0.05) is 0 Å². The number of hydrogen-bond acceptors (Lipinski definition) is 7. The second kappa shape index (κ2) is 11.5. The summed E-state index contributed by atoms with van der Waals surface area (Å²) in [5.41, 5.74) is 0. The molecule has 0 aliphatic carbocycles. The Labute approximate surface area is 171 Å². The van der Waals surface area contributed by atoms with Gasteiger partial charge in [0.1, 0.15) is 17.6 Å². The Bertz CT molecular complexity index is 761. The molecule has 2 aromatic carbocycles. The van der Waals surface area contributed by atoms with Crippen LogP contribution in [0.15, 0.2) is 58.3 Å². The molecule has 1 atom stereocenters. The van der Waals surface area contributed by atoms with Gasteiger partial charge in [-0.25, -0.2) is 0 Å². The zero-order valence-electron chi connectivity index (χ0n) is 15.1. The lowest BCUT2D eigenvalue weighted by atomic mass is 10.3. The molecule has 0 aliphatic rings. The van der Waals surface area contributed by atoms with Crippen LogP contribution in [0.25, 0.3) is 0 Å². The number of phenols is 2. The van der Waals surface area contributed by atoms with E-state index in [9.17, 15) is 19.8 Å². The Hall–Kier alpha value is -2.32. The van der Waals surface area contributed by atoms with Gasteiger partial charge in [-0.2, -0.15) is 0 Å². The third-order valence-corrected chi connectivity index (χ3v) is 5.85. The number of carboxylic acids is 1. The number of carboxylic acid groups (broad SMARTS) is 1. The number of aromatic hydroxyl groups is 2. The Kier molecular flexibility index (Phi) is 9.03. The first-order valence-corrected chi connectivity index (χ1v) is 10.6. The van der Waals surface area contributed by atoms with Crippen LogP contribution in [-0.2, 0) is 14.3 Å². The molecule has 1 unspecified atom stereocenters. The number of hydrogen-bond donors (Lipinski definition) is 3. The van der Waals surface area contributed by atoms with E-state index in [1.54, 1.807) is 48.2 Å². The number of thioether (sulfide) groups is 2. The van der Waals surface area contributed by atoms with Crippen molar-refractivity contribution in [2.75, 3.05) is 11.5 Å². The molecule has 3 N–H and O–H groups in total. The van der Waals surface area contributed by atoms with Gasteiger partial charge in [0.15, 0.2) is 0 Å². The number of rotatable bonds is 11. The fourth-order valence-electron chi connectivity index (χ4n) is 2.21. The molecule has 0 heterocycles. The molecule has 150 valence electrons. The van der Waals surface area contributed by atoms with Crippen LogP contribution >= 0.6 is 23.5 Å². The fourth-order valence-corrected chi connectivity index (χ4v) is 4.10. The zero-order valence-corrected chi connectivity index (χ0v) is 16.7. The lowest BCUT2D eigenvalue weighted by Gasteiger charge is -2.17. The number of carbonyl (C=O) groups is 2. The molecule has 8 heteroatoms. The summed E-state index contributed by atoms with van der Waals surface area (Å²) in [6.45, 7) is 0. The number of aliphatic carboxylic acids is 1. The van der Waals surface area contributed by atoms with Crippen molar-refractivity contribution in [3.8, 4) is 11.5 Å². The lowest BCUT2D eigenvalue weighted by Crippen LogP contribution is -2.22. The van der Waals surface area contributed by atoms with Gasteiger partial charge in [-0.05, 0) is 55.0 Å². The SMILES string of the molecule is O=C(O)CCC(=O)OC(CCSc1ccc(O)cc1)CSc1ccc(O)cc1. The number of benzene rings is 2. The van der Waals surface area contributed by atoms with E-state index in [1.165, 1.54) is 11.8 Å². The zero-order chi connectivity index (χ0) is 20.4. The van der Waals surface area contributed by atoms with E-state index in [2.05, 4.69) is 0 Å². The summed E-state index contributed by atoms with van der Waals surface area (Å²) in [7, 11) is 0. The molecule has 2 rings (SSSR count). The largest absolute Gasteiger partial charge is 0.508 e. The van der Waals surface area contributed by atoms with Crippen molar-refractivity contribution in [3.05, 3.63) is 48.5 Å². The average molecular weight is 423 g/mol. The van der Waals surface area contributed by atoms with Gasteiger partial charge in [0.05, 0.1) is 12.8 Å².